The van der Waals surface area contributed by atoms with Crippen LogP contribution in [0.2, 0.25) is 0 Å². The smallest absolute Gasteiger partial charge is 0.313 e. The van der Waals surface area contributed by atoms with Crippen molar-refractivity contribution in [1.82, 2.24) is 4.72 Å². The summed E-state index contributed by atoms with van der Waals surface area (Å²) in [7, 11) is -3.59. The van der Waals surface area contributed by atoms with E-state index < -0.39 is 44.1 Å². The Kier molecular flexibility index (Phi) is 6.43. The van der Waals surface area contributed by atoms with E-state index in [1.165, 1.54) is 0 Å². The summed E-state index contributed by atoms with van der Waals surface area (Å²) >= 11 is 0. The number of sulfonamides is 1. The van der Waals surface area contributed by atoms with Crippen LogP contribution in [0.1, 0.15) is 60.3 Å². The monoisotopic (exact) mass is 363 g/mol. The number of carbonyl (C=O) groups excluding carboxylic acids is 1. The predicted molar refractivity (Wildman–Crippen MR) is 89.9 cm³/mol. The maximum atomic E-state index is 12.4. The van der Waals surface area contributed by atoms with Crippen LogP contribution in [0.3, 0.4) is 0 Å². The van der Waals surface area contributed by atoms with Gasteiger partial charge in [-0.2, -0.15) is 0 Å². The largest absolute Gasteiger partial charge is 0.481 e. The number of nitrogens with one attached hydrogen (secondary N) is 1. The molecule has 0 aromatic carbocycles. The van der Waals surface area contributed by atoms with Crippen LogP contribution in [0.4, 0.5) is 0 Å². The van der Waals surface area contributed by atoms with E-state index in [2.05, 4.69) is 4.72 Å². The lowest BCUT2D eigenvalue weighted by Crippen LogP contribution is -2.45. The Morgan fingerprint density at radius 3 is 2.00 bits per heavy atom. The lowest BCUT2D eigenvalue weighted by Gasteiger charge is -2.30. The molecule has 1 rings (SSSR count). The molecule has 0 heterocycles. The van der Waals surface area contributed by atoms with Gasteiger partial charge in [-0.25, -0.2) is 13.1 Å². The molecule has 1 aliphatic carbocycles. The minimum absolute atomic E-state index is 0.0525. The van der Waals surface area contributed by atoms with Gasteiger partial charge >= 0.3 is 11.9 Å². The minimum Gasteiger partial charge on any atom is -0.481 e. The van der Waals surface area contributed by atoms with Crippen LogP contribution in [0, 0.1) is 11.3 Å². The Labute approximate surface area is 144 Å². The predicted octanol–water partition coefficient (Wildman–Crippen LogP) is 1.92. The Bertz CT molecular complexity index is 568. The van der Waals surface area contributed by atoms with Crippen molar-refractivity contribution in [2.75, 3.05) is 6.54 Å². The number of esters is 1. The molecule has 0 bridgehead atoms. The first-order valence-corrected chi connectivity index (χ1v) is 9.74. The van der Waals surface area contributed by atoms with Crippen molar-refractivity contribution in [3.8, 4) is 0 Å². The van der Waals surface area contributed by atoms with Crippen molar-refractivity contribution in [2.45, 2.75) is 71.2 Å². The summed E-state index contributed by atoms with van der Waals surface area (Å²) < 4.78 is 32.6. The molecule has 7 nitrogen and oxygen atoms in total. The fraction of sp³-hybridized carbons (Fsp3) is 0.875. The van der Waals surface area contributed by atoms with Crippen LogP contribution >= 0.6 is 0 Å². The van der Waals surface area contributed by atoms with Crippen molar-refractivity contribution in [2.24, 2.45) is 11.3 Å². The fourth-order valence-corrected chi connectivity index (χ4v) is 4.20. The van der Waals surface area contributed by atoms with Gasteiger partial charge in [-0.1, -0.05) is 0 Å². The number of carboxylic acid groups (broad SMARTS) is 1. The number of hydrogen-bond acceptors (Lipinski definition) is 5. The van der Waals surface area contributed by atoms with E-state index in [1.807, 2.05) is 0 Å². The van der Waals surface area contributed by atoms with Gasteiger partial charge in [0, 0.05) is 6.54 Å². The van der Waals surface area contributed by atoms with E-state index in [-0.39, 0.29) is 6.54 Å². The lowest BCUT2D eigenvalue weighted by atomic mass is 9.89. The van der Waals surface area contributed by atoms with Crippen LogP contribution in [0.25, 0.3) is 0 Å². The highest BCUT2D eigenvalue weighted by atomic mass is 32.2. The third kappa shape index (κ3) is 6.05. The maximum Gasteiger partial charge on any atom is 0.313 e. The summed E-state index contributed by atoms with van der Waals surface area (Å²) in [6, 6.07) is 0. The van der Waals surface area contributed by atoms with E-state index in [1.54, 1.807) is 34.6 Å². The summed E-state index contributed by atoms with van der Waals surface area (Å²) in [5, 5.41) is 8.37. The Morgan fingerprint density at radius 1 is 1.08 bits per heavy atom. The molecule has 0 atom stereocenters. The van der Waals surface area contributed by atoms with Gasteiger partial charge in [-0.15, -0.1) is 0 Å². The summed E-state index contributed by atoms with van der Waals surface area (Å²) in [5.74, 6) is -1.80. The molecule has 2 N–H and O–H groups in total. The van der Waals surface area contributed by atoms with E-state index in [0.29, 0.717) is 25.7 Å². The molecule has 0 aromatic rings. The first kappa shape index (κ1) is 20.9. The molecule has 140 valence electrons. The molecule has 8 heteroatoms. The Balaban J connectivity index is 2.62. The molecule has 24 heavy (non-hydrogen) atoms. The van der Waals surface area contributed by atoms with Gasteiger partial charge in [-0.3, -0.25) is 9.59 Å². The van der Waals surface area contributed by atoms with Gasteiger partial charge in [0.1, 0.15) is 5.60 Å². The van der Waals surface area contributed by atoms with Crippen molar-refractivity contribution in [1.29, 1.82) is 0 Å². The van der Waals surface area contributed by atoms with E-state index in [9.17, 15) is 18.0 Å². The number of carboxylic acids is 1. The highest BCUT2D eigenvalue weighted by Crippen LogP contribution is 2.29. The van der Waals surface area contributed by atoms with Crippen LogP contribution in [-0.4, -0.2) is 42.9 Å². The minimum atomic E-state index is -3.59. The van der Waals surface area contributed by atoms with Crippen LogP contribution < -0.4 is 4.72 Å². The highest BCUT2D eigenvalue weighted by Gasteiger charge is 2.37. The van der Waals surface area contributed by atoms with Crippen LogP contribution in [0.5, 0.6) is 0 Å². The second-order valence-corrected chi connectivity index (χ2v) is 10.1. The number of hydrogen-bond donors (Lipinski definition) is 2. The van der Waals surface area contributed by atoms with Crippen molar-refractivity contribution < 1.29 is 27.9 Å². The quantitative estimate of drug-likeness (QED) is 0.698. The van der Waals surface area contributed by atoms with E-state index in [4.69, 9.17) is 9.84 Å². The highest BCUT2D eigenvalue weighted by molar-refractivity contribution is 7.90. The summed E-state index contributed by atoms with van der Waals surface area (Å²) in [6.45, 7) is 8.48. The second kappa shape index (κ2) is 7.39. The summed E-state index contributed by atoms with van der Waals surface area (Å²) in [6.07, 6.45) is 1.35. The average molecular weight is 363 g/mol. The van der Waals surface area contributed by atoms with Crippen molar-refractivity contribution in [3.63, 3.8) is 0 Å². The first-order valence-electron chi connectivity index (χ1n) is 8.19. The van der Waals surface area contributed by atoms with Crippen LogP contribution in [-0.2, 0) is 24.3 Å². The van der Waals surface area contributed by atoms with Crippen molar-refractivity contribution >= 4 is 22.0 Å². The number of carbonyl (C=O) groups is 2. The summed E-state index contributed by atoms with van der Waals surface area (Å²) in [5.41, 5.74) is -1.62. The SMILES string of the molecule is CC(C)(C)OC(=O)C(C)(C)CNS(=O)(=O)C1CCC(C(=O)O)CC1. The summed E-state index contributed by atoms with van der Waals surface area (Å²) in [4.78, 5) is 23.1. The van der Waals surface area contributed by atoms with Crippen molar-refractivity contribution in [3.05, 3.63) is 0 Å². The van der Waals surface area contributed by atoms with E-state index in [0.717, 1.165) is 0 Å². The molecule has 0 spiro atoms. The molecule has 0 radical (unpaired) electrons. The zero-order valence-electron chi connectivity index (χ0n) is 15.1. The van der Waals surface area contributed by atoms with Crippen LogP contribution in [0.15, 0.2) is 0 Å². The normalized spacial score (nSPS) is 22.9. The topological polar surface area (TPSA) is 110 Å². The second-order valence-electron chi connectivity index (χ2n) is 8.06. The third-order valence-corrected chi connectivity index (χ3v) is 6.02. The Hall–Kier alpha value is -1.15. The molecule has 0 unspecified atom stereocenters. The molecule has 1 fully saturated rings. The molecule has 0 amide bonds. The first-order chi connectivity index (χ1) is 10.7. The molecular formula is C16H29NO6S. The molecule has 1 aliphatic rings. The lowest BCUT2D eigenvalue weighted by molar-refractivity contribution is -0.165. The van der Waals surface area contributed by atoms with E-state index >= 15 is 0 Å². The van der Waals surface area contributed by atoms with Gasteiger partial charge in [0.15, 0.2) is 0 Å². The molecule has 1 saturated carbocycles. The molecule has 0 aliphatic heterocycles. The molecular weight excluding hydrogens is 334 g/mol. The molecule has 0 saturated heterocycles. The van der Waals surface area contributed by atoms with Gasteiger partial charge < -0.3 is 9.84 Å². The zero-order chi connectivity index (χ0) is 18.8. The number of aliphatic carboxylic acids is 1. The maximum absolute atomic E-state index is 12.4. The fourth-order valence-electron chi connectivity index (χ4n) is 2.51. The third-order valence-electron chi connectivity index (χ3n) is 4.13. The number of rotatable bonds is 6. The van der Waals surface area contributed by atoms with Gasteiger partial charge in [-0.05, 0) is 60.3 Å². The standard InChI is InChI=1S/C16H29NO6S/c1-15(2,3)23-14(20)16(4,5)10-17-24(21,22)12-8-6-11(7-9-12)13(18)19/h11-12,17H,6-10H2,1-5H3,(H,18,19). The van der Waals surface area contributed by atoms with Gasteiger partial charge in [0.2, 0.25) is 10.0 Å². The van der Waals surface area contributed by atoms with Gasteiger partial charge in [0.05, 0.1) is 16.6 Å². The number of ether oxygens (including phenoxy) is 1. The molecule has 0 aromatic heterocycles. The average Bonchev–Trinajstić information content (AvgIpc) is 2.43. The zero-order valence-corrected chi connectivity index (χ0v) is 15.9. The Morgan fingerprint density at radius 2 is 1.58 bits per heavy atom. The van der Waals surface area contributed by atoms with Gasteiger partial charge in [0.25, 0.3) is 0 Å².